The number of aromatic nitrogens is 5. The highest BCUT2D eigenvalue weighted by molar-refractivity contribution is 5.84. The van der Waals surface area contributed by atoms with Crippen LogP contribution in [0.3, 0.4) is 0 Å². The minimum absolute atomic E-state index is 0.724. The quantitative estimate of drug-likeness (QED) is 0.421. The molecule has 0 radical (unpaired) electrons. The summed E-state index contributed by atoms with van der Waals surface area (Å²) in [4.78, 5) is 11.8. The Bertz CT molecular complexity index is 1350. The van der Waals surface area contributed by atoms with E-state index in [-0.39, 0.29) is 0 Å². The predicted molar refractivity (Wildman–Crippen MR) is 123 cm³/mol. The fraction of sp³-hybridized carbons (Fsp3) is 0.174. The SMILES string of the molecule is c1cn2cc(-c3ccc4cn[nH]c4c3)nc(Nc3ccc(N4CCNCC4)cc3)c2n1. The van der Waals surface area contributed by atoms with Crippen LogP contribution in [-0.2, 0) is 0 Å². The van der Waals surface area contributed by atoms with E-state index in [9.17, 15) is 0 Å². The summed E-state index contributed by atoms with van der Waals surface area (Å²) in [7, 11) is 0. The summed E-state index contributed by atoms with van der Waals surface area (Å²) >= 11 is 0. The Hall–Kier alpha value is -3.91. The molecule has 4 heterocycles. The lowest BCUT2D eigenvalue weighted by Gasteiger charge is -2.29. The van der Waals surface area contributed by atoms with E-state index in [0.717, 1.165) is 65.5 Å². The van der Waals surface area contributed by atoms with Gasteiger partial charge >= 0.3 is 0 Å². The van der Waals surface area contributed by atoms with Gasteiger partial charge in [-0.15, -0.1) is 0 Å². The molecule has 1 fully saturated rings. The molecule has 0 unspecified atom stereocenters. The first-order valence-corrected chi connectivity index (χ1v) is 10.4. The molecule has 3 N–H and O–H groups in total. The maximum atomic E-state index is 4.89. The highest BCUT2D eigenvalue weighted by atomic mass is 15.2. The number of rotatable bonds is 4. The van der Waals surface area contributed by atoms with Gasteiger partial charge < -0.3 is 19.9 Å². The van der Waals surface area contributed by atoms with Crippen molar-refractivity contribution in [3.63, 3.8) is 0 Å². The van der Waals surface area contributed by atoms with Crippen molar-refractivity contribution in [1.82, 2.24) is 29.9 Å². The molecular weight excluding hydrogens is 388 g/mol. The number of imidazole rings is 1. The van der Waals surface area contributed by atoms with E-state index in [0.29, 0.717) is 0 Å². The Morgan fingerprint density at radius 2 is 1.87 bits per heavy atom. The third-order valence-electron chi connectivity index (χ3n) is 5.72. The Morgan fingerprint density at radius 1 is 1.00 bits per heavy atom. The van der Waals surface area contributed by atoms with E-state index >= 15 is 0 Å². The molecule has 3 aromatic heterocycles. The molecule has 1 aliphatic rings. The third kappa shape index (κ3) is 3.36. The number of benzene rings is 2. The summed E-state index contributed by atoms with van der Waals surface area (Å²) in [6, 6.07) is 14.7. The molecule has 0 amide bonds. The number of piperazine rings is 1. The van der Waals surface area contributed by atoms with Crippen LogP contribution in [0, 0.1) is 0 Å². The van der Waals surface area contributed by atoms with E-state index in [1.807, 2.05) is 23.0 Å². The Kier molecular flexibility index (Phi) is 4.28. The van der Waals surface area contributed by atoms with Gasteiger partial charge in [0.05, 0.1) is 17.4 Å². The van der Waals surface area contributed by atoms with E-state index in [2.05, 4.69) is 73.2 Å². The first-order valence-electron chi connectivity index (χ1n) is 10.4. The van der Waals surface area contributed by atoms with Crippen LogP contribution in [0.5, 0.6) is 0 Å². The van der Waals surface area contributed by atoms with E-state index in [1.54, 1.807) is 6.20 Å². The lowest BCUT2D eigenvalue weighted by molar-refractivity contribution is 0.589. The number of aromatic amines is 1. The Morgan fingerprint density at radius 3 is 2.74 bits per heavy atom. The van der Waals surface area contributed by atoms with Crippen molar-refractivity contribution in [1.29, 1.82) is 0 Å². The van der Waals surface area contributed by atoms with Crippen LogP contribution in [-0.4, -0.2) is 50.7 Å². The topological polar surface area (TPSA) is 86.2 Å². The number of hydrogen-bond acceptors (Lipinski definition) is 6. The molecule has 8 heteroatoms. The monoisotopic (exact) mass is 410 g/mol. The van der Waals surface area contributed by atoms with Crippen LogP contribution in [0.25, 0.3) is 27.8 Å². The van der Waals surface area contributed by atoms with Gasteiger partial charge in [-0.1, -0.05) is 12.1 Å². The van der Waals surface area contributed by atoms with Crippen molar-refractivity contribution in [3.05, 3.63) is 67.3 Å². The van der Waals surface area contributed by atoms with Gasteiger partial charge in [0, 0.05) is 67.1 Å². The molecule has 2 aromatic carbocycles. The molecule has 1 saturated heterocycles. The predicted octanol–water partition coefficient (Wildman–Crippen LogP) is 3.43. The molecule has 0 saturated carbocycles. The van der Waals surface area contributed by atoms with E-state index in [1.165, 1.54) is 5.69 Å². The van der Waals surface area contributed by atoms with Crippen LogP contribution in [0.4, 0.5) is 17.2 Å². The largest absolute Gasteiger partial charge is 0.369 e. The number of nitrogens with one attached hydrogen (secondary N) is 3. The zero-order valence-electron chi connectivity index (χ0n) is 16.9. The second kappa shape index (κ2) is 7.41. The molecule has 0 atom stereocenters. The van der Waals surface area contributed by atoms with Crippen molar-refractivity contribution in [3.8, 4) is 11.3 Å². The highest BCUT2D eigenvalue weighted by Gasteiger charge is 2.12. The summed E-state index contributed by atoms with van der Waals surface area (Å²) in [5.74, 6) is 0.724. The zero-order valence-corrected chi connectivity index (χ0v) is 16.9. The van der Waals surface area contributed by atoms with Gasteiger partial charge in [0.15, 0.2) is 11.5 Å². The first-order chi connectivity index (χ1) is 15.3. The fourth-order valence-corrected chi connectivity index (χ4v) is 4.07. The molecule has 6 rings (SSSR count). The maximum Gasteiger partial charge on any atom is 0.180 e. The number of H-pyrrole nitrogens is 1. The van der Waals surface area contributed by atoms with Gasteiger partial charge in [0.25, 0.3) is 0 Å². The van der Waals surface area contributed by atoms with Crippen LogP contribution in [0.2, 0.25) is 0 Å². The van der Waals surface area contributed by atoms with Crippen molar-refractivity contribution in [2.24, 2.45) is 0 Å². The van der Waals surface area contributed by atoms with Crippen molar-refractivity contribution >= 4 is 33.7 Å². The molecule has 154 valence electrons. The minimum Gasteiger partial charge on any atom is -0.369 e. The summed E-state index contributed by atoms with van der Waals surface area (Å²) in [5, 5.41) is 15.1. The summed E-state index contributed by atoms with van der Waals surface area (Å²) in [6.07, 6.45) is 7.55. The Balaban J connectivity index is 1.33. The summed E-state index contributed by atoms with van der Waals surface area (Å²) in [5.41, 5.74) is 5.89. The summed E-state index contributed by atoms with van der Waals surface area (Å²) < 4.78 is 2.00. The smallest absolute Gasteiger partial charge is 0.180 e. The average molecular weight is 410 g/mol. The van der Waals surface area contributed by atoms with Crippen molar-refractivity contribution < 1.29 is 0 Å². The lowest BCUT2D eigenvalue weighted by atomic mass is 10.1. The van der Waals surface area contributed by atoms with E-state index in [4.69, 9.17) is 4.98 Å². The van der Waals surface area contributed by atoms with Gasteiger partial charge in [-0.25, -0.2) is 9.97 Å². The molecular formula is C23H22N8. The van der Waals surface area contributed by atoms with Gasteiger partial charge in [-0.3, -0.25) is 5.10 Å². The van der Waals surface area contributed by atoms with Crippen LogP contribution < -0.4 is 15.5 Å². The molecule has 0 aliphatic carbocycles. The van der Waals surface area contributed by atoms with Gasteiger partial charge in [0.2, 0.25) is 0 Å². The van der Waals surface area contributed by atoms with Crippen LogP contribution >= 0.6 is 0 Å². The zero-order chi connectivity index (χ0) is 20.6. The molecule has 5 aromatic rings. The highest BCUT2D eigenvalue weighted by Crippen LogP contribution is 2.27. The van der Waals surface area contributed by atoms with Gasteiger partial charge in [-0.05, 0) is 30.3 Å². The van der Waals surface area contributed by atoms with Gasteiger partial charge in [-0.2, -0.15) is 5.10 Å². The molecule has 8 nitrogen and oxygen atoms in total. The standard InChI is InChI=1S/C23H22N8/c1-2-17-14-26-29-20(17)13-16(1)21-15-31-12-9-25-23(31)22(28-21)27-18-3-5-19(6-4-18)30-10-7-24-8-11-30/h1-6,9,12-15,24H,7-8,10-11H2,(H,26,29)(H,27,28). The minimum atomic E-state index is 0.724. The van der Waals surface area contributed by atoms with Gasteiger partial charge in [0.1, 0.15) is 0 Å². The number of fused-ring (bicyclic) bond motifs is 2. The average Bonchev–Trinajstić information content (AvgIpc) is 3.49. The second-order valence-corrected chi connectivity index (χ2v) is 7.71. The Labute approximate surface area is 178 Å². The molecule has 0 spiro atoms. The fourth-order valence-electron chi connectivity index (χ4n) is 4.07. The van der Waals surface area contributed by atoms with Crippen LogP contribution in [0.15, 0.2) is 67.3 Å². The maximum absolute atomic E-state index is 4.89. The normalized spacial score (nSPS) is 14.4. The molecule has 0 bridgehead atoms. The third-order valence-corrected chi connectivity index (χ3v) is 5.72. The number of hydrogen-bond donors (Lipinski definition) is 3. The number of nitrogens with zero attached hydrogens (tertiary/aromatic N) is 5. The van der Waals surface area contributed by atoms with Crippen molar-refractivity contribution in [2.45, 2.75) is 0 Å². The summed E-state index contributed by atoms with van der Waals surface area (Å²) in [6.45, 7) is 4.12. The lowest BCUT2D eigenvalue weighted by Crippen LogP contribution is -2.43. The molecule has 1 aliphatic heterocycles. The molecule has 31 heavy (non-hydrogen) atoms. The number of anilines is 3. The second-order valence-electron chi connectivity index (χ2n) is 7.71. The van der Waals surface area contributed by atoms with Crippen LogP contribution in [0.1, 0.15) is 0 Å². The van der Waals surface area contributed by atoms with Crippen molar-refractivity contribution in [2.75, 3.05) is 36.4 Å². The van der Waals surface area contributed by atoms with E-state index < -0.39 is 0 Å². The first kappa shape index (κ1) is 17.9.